The van der Waals surface area contributed by atoms with Gasteiger partial charge in [0.1, 0.15) is 0 Å². The maximum atomic E-state index is 9.23. The summed E-state index contributed by atoms with van der Waals surface area (Å²) in [6.45, 7) is 9.32. The van der Waals surface area contributed by atoms with Gasteiger partial charge in [0.2, 0.25) is 0 Å². The van der Waals surface area contributed by atoms with Crippen LogP contribution in [0, 0.1) is 0 Å². The maximum Gasteiger partial charge on any atom is 0.0761 e. The van der Waals surface area contributed by atoms with Crippen LogP contribution >= 0.6 is 0 Å². The molecule has 0 fully saturated rings. The lowest BCUT2D eigenvalue weighted by Gasteiger charge is -2.04. The fourth-order valence-electron chi connectivity index (χ4n) is 0.785. The molecule has 0 rings (SSSR count). The van der Waals surface area contributed by atoms with Crippen molar-refractivity contribution in [1.29, 1.82) is 0 Å². The van der Waals surface area contributed by atoms with Crippen LogP contribution in [-0.4, -0.2) is 11.2 Å². The molecule has 0 aliphatic carbocycles. The van der Waals surface area contributed by atoms with Crippen molar-refractivity contribution < 1.29 is 5.11 Å². The molecule has 11 heavy (non-hydrogen) atoms. The van der Waals surface area contributed by atoms with Gasteiger partial charge in [0.25, 0.3) is 0 Å². The normalized spacial score (nSPS) is 15.5. The van der Waals surface area contributed by atoms with Crippen LogP contribution in [0.2, 0.25) is 0 Å². The van der Waals surface area contributed by atoms with Gasteiger partial charge in [-0.25, -0.2) is 0 Å². The summed E-state index contributed by atoms with van der Waals surface area (Å²) in [5.74, 6) is 0. The molecule has 0 heterocycles. The van der Waals surface area contributed by atoms with Crippen LogP contribution < -0.4 is 0 Å². The van der Waals surface area contributed by atoms with E-state index in [1.54, 1.807) is 6.92 Å². The highest BCUT2D eigenvalue weighted by atomic mass is 16.3. The summed E-state index contributed by atoms with van der Waals surface area (Å²) in [5, 5.41) is 9.23. The van der Waals surface area contributed by atoms with E-state index in [0.29, 0.717) is 0 Å². The largest absolute Gasteiger partial charge is 0.389 e. The van der Waals surface area contributed by atoms with Crippen molar-refractivity contribution in [3.8, 4) is 0 Å². The zero-order valence-electron chi connectivity index (χ0n) is 7.46. The van der Waals surface area contributed by atoms with Gasteiger partial charge in [-0.05, 0) is 26.3 Å². The molecule has 0 bridgehead atoms. The molecule has 0 aromatic rings. The topological polar surface area (TPSA) is 20.2 Å². The van der Waals surface area contributed by atoms with Gasteiger partial charge in [0.15, 0.2) is 0 Å². The van der Waals surface area contributed by atoms with Gasteiger partial charge in [-0.15, -0.1) is 0 Å². The van der Waals surface area contributed by atoms with Crippen molar-refractivity contribution >= 4 is 0 Å². The van der Waals surface area contributed by atoms with E-state index in [-0.39, 0.29) is 0 Å². The van der Waals surface area contributed by atoms with Gasteiger partial charge in [-0.3, -0.25) is 0 Å². The van der Waals surface area contributed by atoms with E-state index >= 15 is 0 Å². The van der Waals surface area contributed by atoms with E-state index in [4.69, 9.17) is 0 Å². The molecule has 0 aromatic carbocycles. The van der Waals surface area contributed by atoms with Crippen molar-refractivity contribution in [2.45, 2.75) is 26.9 Å². The van der Waals surface area contributed by atoms with Crippen LogP contribution in [0.1, 0.15) is 20.8 Å². The Bertz CT molecular complexity index is 185. The number of aliphatic hydroxyl groups is 1. The third-order valence-electron chi connectivity index (χ3n) is 1.25. The minimum Gasteiger partial charge on any atom is -0.389 e. The van der Waals surface area contributed by atoms with Gasteiger partial charge in [-0.1, -0.05) is 30.4 Å². The number of hydrogen-bond donors (Lipinski definition) is 1. The predicted molar refractivity (Wildman–Crippen MR) is 49.4 cm³/mol. The van der Waals surface area contributed by atoms with E-state index in [9.17, 15) is 5.11 Å². The summed E-state index contributed by atoms with van der Waals surface area (Å²) >= 11 is 0. The summed E-state index contributed by atoms with van der Waals surface area (Å²) in [7, 11) is 0. The Hall–Kier alpha value is -0.820. The molecule has 0 amide bonds. The minimum atomic E-state index is -0.414. The molecule has 0 saturated carbocycles. The third kappa shape index (κ3) is 4.57. The Morgan fingerprint density at radius 2 is 2.09 bits per heavy atom. The zero-order chi connectivity index (χ0) is 8.85. The van der Waals surface area contributed by atoms with E-state index < -0.39 is 6.10 Å². The first-order chi connectivity index (χ1) is 5.07. The molecule has 0 aliphatic rings. The Labute approximate surface area is 68.7 Å². The minimum absolute atomic E-state index is 0.414. The molecule has 0 aromatic heterocycles. The molecule has 0 spiro atoms. The molecule has 1 nitrogen and oxygen atoms in total. The van der Waals surface area contributed by atoms with Crippen LogP contribution in [0.4, 0.5) is 0 Å². The average molecular weight is 152 g/mol. The Kier molecular flexibility index (Phi) is 4.55. The maximum absolute atomic E-state index is 9.23. The van der Waals surface area contributed by atoms with Crippen LogP contribution in [0.3, 0.4) is 0 Å². The second-order valence-corrected chi connectivity index (χ2v) is 2.67. The lowest BCUT2D eigenvalue weighted by Crippen LogP contribution is -2.01. The van der Waals surface area contributed by atoms with Gasteiger partial charge in [-0.2, -0.15) is 0 Å². The highest BCUT2D eigenvalue weighted by Crippen LogP contribution is 2.06. The molecule has 62 valence electrons. The van der Waals surface area contributed by atoms with Crippen LogP contribution in [-0.2, 0) is 0 Å². The standard InChI is InChI=1S/C10H16O/c1-5-6-10(9(4)11)7-8(2)3/h5-7,9,11H,2H2,1,3-4H3/b6-5-,10-7+. The van der Waals surface area contributed by atoms with E-state index in [1.807, 2.05) is 32.1 Å². The van der Waals surface area contributed by atoms with Crippen molar-refractivity contribution in [2.75, 3.05) is 0 Å². The highest BCUT2D eigenvalue weighted by Gasteiger charge is 1.98. The third-order valence-corrected chi connectivity index (χ3v) is 1.25. The van der Waals surface area contributed by atoms with Crippen molar-refractivity contribution in [2.24, 2.45) is 0 Å². The smallest absolute Gasteiger partial charge is 0.0761 e. The van der Waals surface area contributed by atoms with Gasteiger partial charge in [0.05, 0.1) is 6.10 Å². The average Bonchev–Trinajstić information content (AvgIpc) is 1.86. The fourth-order valence-corrected chi connectivity index (χ4v) is 0.785. The molecular formula is C10H16O. The number of hydrogen-bond acceptors (Lipinski definition) is 1. The monoisotopic (exact) mass is 152 g/mol. The van der Waals surface area contributed by atoms with Crippen LogP contribution in [0.5, 0.6) is 0 Å². The summed E-state index contributed by atoms with van der Waals surface area (Å²) < 4.78 is 0. The molecule has 0 saturated heterocycles. The van der Waals surface area contributed by atoms with Gasteiger partial charge >= 0.3 is 0 Å². The van der Waals surface area contributed by atoms with Crippen molar-refractivity contribution in [3.05, 3.63) is 36.0 Å². The molecule has 0 aliphatic heterocycles. The summed E-state index contributed by atoms with van der Waals surface area (Å²) in [6.07, 6.45) is 5.26. The molecule has 1 unspecified atom stereocenters. The predicted octanol–water partition coefficient (Wildman–Crippen LogP) is 2.45. The first kappa shape index (κ1) is 10.2. The fraction of sp³-hybridized carbons (Fsp3) is 0.400. The second kappa shape index (κ2) is 4.91. The lowest BCUT2D eigenvalue weighted by molar-refractivity contribution is 0.235. The Balaban J connectivity index is 4.46. The first-order valence-corrected chi connectivity index (χ1v) is 3.75. The van der Waals surface area contributed by atoms with Crippen LogP contribution in [0.25, 0.3) is 0 Å². The first-order valence-electron chi connectivity index (χ1n) is 3.75. The Morgan fingerprint density at radius 3 is 2.36 bits per heavy atom. The van der Waals surface area contributed by atoms with E-state index in [1.165, 1.54) is 0 Å². The second-order valence-electron chi connectivity index (χ2n) is 2.67. The quantitative estimate of drug-likeness (QED) is 0.616. The molecule has 1 heteroatoms. The van der Waals surface area contributed by atoms with E-state index in [2.05, 4.69) is 6.58 Å². The molecule has 0 radical (unpaired) electrons. The SMILES string of the molecule is C=C(C)/C=C(\C=C/C)C(C)O. The van der Waals surface area contributed by atoms with Crippen LogP contribution in [0.15, 0.2) is 36.0 Å². The molecule has 1 atom stereocenters. The molecule has 1 N–H and O–H groups in total. The summed E-state index contributed by atoms with van der Waals surface area (Å²) in [5.41, 5.74) is 1.86. The summed E-state index contributed by atoms with van der Waals surface area (Å²) in [6, 6.07) is 0. The highest BCUT2D eigenvalue weighted by molar-refractivity contribution is 5.29. The number of rotatable bonds is 3. The Morgan fingerprint density at radius 1 is 1.55 bits per heavy atom. The summed E-state index contributed by atoms with van der Waals surface area (Å²) in [4.78, 5) is 0. The lowest BCUT2D eigenvalue weighted by atomic mass is 10.1. The number of aliphatic hydroxyl groups excluding tert-OH is 1. The van der Waals surface area contributed by atoms with Gasteiger partial charge < -0.3 is 5.11 Å². The molecular weight excluding hydrogens is 136 g/mol. The number of allylic oxidation sites excluding steroid dienone is 3. The zero-order valence-corrected chi connectivity index (χ0v) is 7.46. The van der Waals surface area contributed by atoms with E-state index in [0.717, 1.165) is 11.1 Å². The van der Waals surface area contributed by atoms with Gasteiger partial charge in [0, 0.05) is 0 Å². The van der Waals surface area contributed by atoms with Crippen molar-refractivity contribution in [3.63, 3.8) is 0 Å². The van der Waals surface area contributed by atoms with Crippen molar-refractivity contribution in [1.82, 2.24) is 0 Å².